The van der Waals surface area contributed by atoms with Gasteiger partial charge in [0.2, 0.25) is 0 Å². The normalized spacial score (nSPS) is 10.0. The zero-order chi connectivity index (χ0) is 15.8. The minimum absolute atomic E-state index is 0.0489. The molecule has 2 aromatic carbocycles. The molecule has 0 saturated heterocycles. The highest BCUT2D eigenvalue weighted by Gasteiger charge is 2.06. The van der Waals surface area contributed by atoms with E-state index >= 15 is 0 Å². The van der Waals surface area contributed by atoms with Crippen LogP contribution in [0.15, 0.2) is 54.6 Å². The molecule has 5 nitrogen and oxygen atoms in total. The summed E-state index contributed by atoms with van der Waals surface area (Å²) in [5.41, 5.74) is 7.55. The number of Topliss-reactive ketones (excluding diaryl/α,β-unsaturated/α-hetero) is 1. The first-order valence-electron chi connectivity index (χ1n) is 7.11. The molecule has 0 bridgehead atoms. The fourth-order valence-electron chi connectivity index (χ4n) is 2.03. The molecule has 0 fully saturated rings. The molecule has 2 amide bonds. The summed E-state index contributed by atoms with van der Waals surface area (Å²) in [5, 5.41) is 5.49. The van der Waals surface area contributed by atoms with Gasteiger partial charge in [-0.2, -0.15) is 0 Å². The van der Waals surface area contributed by atoms with Gasteiger partial charge in [-0.3, -0.25) is 4.79 Å². The van der Waals surface area contributed by atoms with Crippen molar-refractivity contribution >= 4 is 17.5 Å². The van der Waals surface area contributed by atoms with E-state index in [-0.39, 0.29) is 18.4 Å². The maximum atomic E-state index is 11.8. The molecule has 0 aliphatic carbocycles. The van der Waals surface area contributed by atoms with Gasteiger partial charge >= 0.3 is 6.03 Å². The zero-order valence-electron chi connectivity index (χ0n) is 12.2. The van der Waals surface area contributed by atoms with Gasteiger partial charge in [-0.25, -0.2) is 4.79 Å². The summed E-state index contributed by atoms with van der Waals surface area (Å²) in [4.78, 5) is 23.3. The summed E-state index contributed by atoms with van der Waals surface area (Å²) in [6.07, 6.45) is 0.764. The number of nitrogens with one attached hydrogen (secondary N) is 2. The molecule has 22 heavy (non-hydrogen) atoms. The van der Waals surface area contributed by atoms with Gasteiger partial charge in [0.25, 0.3) is 0 Å². The lowest BCUT2D eigenvalue weighted by Crippen LogP contribution is -2.30. The Morgan fingerprint density at radius 3 is 2.50 bits per heavy atom. The van der Waals surface area contributed by atoms with Gasteiger partial charge in [-0.05, 0) is 24.1 Å². The van der Waals surface area contributed by atoms with E-state index in [0.717, 1.165) is 6.42 Å². The summed E-state index contributed by atoms with van der Waals surface area (Å²) < 4.78 is 0. The second-order valence-electron chi connectivity index (χ2n) is 4.82. The Kier molecular flexibility index (Phi) is 5.68. The van der Waals surface area contributed by atoms with E-state index in [4.69, 9.17) is 5.73 Å². The van der Waals surface area contributed by atoms with E-state index in [0.29, 0.717) is 17.8 Å². The number of anilines is 1. The van der Waals surface area contributed by atoms with Crippen LogP contribution in [0, 0.1) is 0 Å². The third-order valence-corrected chi connectivity index (χ3v) is 3.17. The number of benzene rings is 2. The fourth-order valence-corrected chi connectivity index (χ4v) is 2.03. The molecule has 0 radical (unpaired) electrons. The van der Waals surface area contributed by atoms with Crippen molar-refractivity contribution in [3.8, 4) is 0 Å². The van der Waals surface area contributed by atoms with Crippen molar-refractivity contribution in [1.82, 2.24) is 5.32 Å². The Balaban J connectivity index is 1.83. The van der Waals surface area contributed by atoms with Crippen molar-refractivity contribution in [3.05, 3.63) is 65.7 Å². The SMILES string of the molecule is NCC(=O)c1cccc(NC(=O)NCCc2ccccc2)c1. The van der Waals surface area contributed by atoms with E-state index in [1.165, 1.54) is 5.56 Å². The van der Waals surface area contributed by atoms with Crippen LogP contribution >= 0.6 is 0 Å². The van der Waals surface area contributed by atoms with Crippen LogP contribution in [0.2, 0.25) is 0 Å². The lowest BCUT2D eigenvalue weighted by molar-refractivity contribution is 0.100. The maximum Gasteiger partial charge on any atom is 0.319 e. The fraction of sp³-hybridized carbons (Fsp3) is 0.176. The molecule has 0 aliphatic heterocycles. The third kappa shape index (κ3) is 4.71. The highest BCUT2D eigenvalue weighted by atomic mass is 16.2. The number of amides is 2. The summed E-state index contributed by atoms with van der Waals surface area (Å²) in [5.74, 6) is -0.159. The average molecular weight is 297 g/mol. The van der Waals surface area contributed by atoms with Gasteiger partial charge in [0.1, 0.15) is 0 Å². The predicted octanol–water partition coefficient (Wildman–Crippen LogP) is 2.19. The predicted molar refractivity (Wildman–Crippen MR) is 87.0 cm³/mol. The Morgan fingerprint density at radius 2 is 1.77 bits per heavy atom. The van der Waals surface area contributed by atoms with Crippen LogP contribution in [0.3, 0.4) is 0 Å². The Bertz CT molecular complexity index is 641. The number of ketones is 1. The average Bonchev–Trinajstić information content (AvgIpc) is 2.55. The first kappa shape index (κ1) is 15.7. The van der Waals surface area contributed by atoms with E-state index in [1.54, 1.807) is 24.3 Å². The Hall–Kier alpha value is -2.66. The number of hydrogen-bond acceptors (Lipinski definition) is 3. The molecule has 0 atom stereocenters. The monoisotopic (exact) mass is 297 g/mol. The molecule has 2 aromatic rings. The number of hydrogen-bond donors (Lipinski definition) is 3. The molecule has 5 heteroatoms. The molecule has 0 unspecified atom stereocenters. The number of nitrogens with two attached hydrogens (primary N) is 1. The van der Waals surface area contributed by atoms with Gasteiger partial charge in [0.15, 0.2) is 5.78 Å². The summed E-state index contributed by atoms with van der Waals surface area (Å²) in [6, 6.07) is 16.4. The van der Waals surface area contributed by atoms with Gasteiger partial charge < -0.3 is 16.4 Å². The lowest BCUT2D eigenvalue weighted by Gasteiger charge is -2.08. The van der Waals surface area contributed by atoms with E-state index in [2.05, 4.69) is 10.6 Å². The smallest absolute Gasteiger partial charge is 0.319 e. The van der Waals surface area contributed by atoms with Gasteiger partial charge in [0.05, 0.1) is 6.54 Å². The van der Waals surface area contributed by atoms with E-state index < -0.39 is 0 Å². The van der Waals surface area contributed by atoms with E-state index in [1.807, 2.05) is 30.3 Å². The molecule has 4 N–H and O–H groups in total. The molecule has 0 saturated carbocycles. The molecule has 114 valence electrons. The van der Waals surface area contributed by atoms with Crippen LogP contribution in [-0.4, -0.2) is 24.9 Å². The molecule has 0 aliphatic rings. The third-order valence-electron chi connectivity index (χ3n) is 3.17. The maximum absolute atomic E-state index is 11.8. The van der Waals surface area contributed by atoms with Gasteiger partial charge in [-0.15, -0.1) is 0 Å². The summed E-state index contributed by atoms with van der Waals surface area (Å²) >= 11 is 0. The van der Waals surface area contributed by atoms with Crippen LogP contribution in [-0.2, 0) is 6.42 Å². The van der Waals surface area contributed by atoms with Crippen LogP contribution in [0.5, 0.6) is 0 Å². The molecular weight excluding hydrogens is 278 g/mol. The van der Waals surface area contributed by atoms with Crippen molar-refractivity contribution in [1.29, 1.82) is 0 Å². The minimum atomic E-state index is -0.298. The van der Waals surface area contributed by atoms with Gasteiger partial charge in [-0.1, -0.05) is 42.5 Å². The minimum Gasteiger partial charge on any atom is -0.338 e. The highest BCUT2D eigenvalue weighted by molar-refractivity contribution is 5.99. The molecule has 0 aromatic heterocycles. The van der Waals surface area contributed by atoms with Crippen LogP contribution in [0.25, 0.3) is 0 Å². The van der Waals surface area contributed by atoms with Crippen molar-refractivity contribution in [2.24, 2.45) is 5.73 Å². The zero-order valence-corrected chi connectivity index (χ0v) is 12.2. The molecule has 0 heterocycles. The molecular formula is C17H19N3O2. The molecule has 2 rings (SSSR count). The first-order valence-corrected chi connectivity index (χ1v) is 7.11. The van der Waals surface area contributed by atoms with Crippen LogP contribution in [0.4, 0.5) is 10.5 Å². The van der Waals surface area contributed by atoms with Crippen molar-refractivity contribution in [2.45, 2.75) is 6.42 Å². The number of carbonyl (C=O) groups excluding carboxylic acids is 2. The molecule has 0 spiro atoms. The topological polar surface area (TPSA) is 84.2 Å². The quantitative estimate of drug-likeness (QED) is 0.715. The number of urea groups is 1. The summed E-state index contributed by atoms with van der Waals surface area (Å²) in [7, 11) is 0. The Labute approximate surface area is 129 Å². The second-order valence-corrected chi connectivity index (χ2v) is 4.82. The van der Waals surface area contributed by atoms with Crippen molar-refractivity contribution in [3.63, 3.8) is 0 Å². The summed E-state index contributed by atoms with van der Waals surface area (Å²) in [6.45, 7) is 0.490. The highest BCUT2D eigenvalue weighted by Crippen LogP contribution is 2.10. The Morgan fingerprint density at radius 1 is 1.00 bits per heavy atom. The van der Waals surface area contributed by atoms with Crippen molar-refractivity contribution in [2.75, 3.05) is 18.4 Å². The number of carbonyl (C=O) groups is 2. The van der Waals surface area contributed by atoms with Crippen LogP contribution in [0.1, 0.15) is 15.9 Å². The second kappa shape index (κ2) is 7.95. The van der Waals surface area contributed by atoms with Gasteiger partial charge in [0, 0.05) is 17.8 Å². The van der Waals surface area contributed by atoms with Crippen molar-refractivity contribution < 1.29 is 9.59 Å². The number of rotatable bonds is 6. The van der Waals surface area contributed by atoms with E-state index in [9.17, 15) is 9.59 Å². The lowest BCUT2D eigenvalue weighted by atomic mass is 10.1. The largest absolute Gasteiger partial charge is 0.338 e. The van der Waals surface area contributed by atoms with Crippen LogP contribution < -0.4 is 16.4 Å². The standard InChI is InChI=1S/C17H19N3O2/c18-12-16(21)14-7-4-8-15(11-14)20-17(22)19-10-9-13-5-2-1-3-6-13/h1-8,11H,9-10,12,18H2,(H2,19,20,22). The first-order chi connectivity index (χ1) is 10.7.